The fourth-order valence-electron chi connectivity index (χ4n) is 3.85. The number of nitro groups is 1. The number of nitro benzene ring substituents is 1. The van der Waals surface area contributed by atoms with Crippen molar-refractivity contribution in [3.8, 4) is 0 Å². The average molecular weight is 520 g/mol. The summed E-state index contributed by atoms with van der Waals surface area (Å²) in [6, 6.07) is 13.2. The van der Waals surface area contributed by atoms with Crippen molar-refractivity contribution in [2.75, 3.05) is 11.5 Å². The molecule has 1 amide bonds. The molecular formula is C26H21N3O7S. The number of aliphatic hydroxyl groups is 1. The smallest absolute Gasteiger partial charge is 0.350 e. The van der Waals surface area contributed by atoms with E-state index < -0.39 is 34.4 Å². The molecule has 0 fully saturated rings. The van der Waals surface area contributed by atoms with E-state index in [0.29, 0.717) is 11.3 Å². The van der Waals surface area contributed by atoms with E-state index in [1.807, 2.05) is 6.07 Å². The Morgan fingerprint density at radius 3 is 2.49 bits per heavy atom. The number of rotatable bonds is 8. The van der Waals surface area contributed by atoms with E-state index in [9.17, 15) is 29.6 Å². The zero-order valence-electron chi connectivity index (χ0n) is 19.8. The van der Waals surface area contributed by atoms with Crippen LogP contribution in [0.2, 0.25) is 0 Å². The van der Waals surface area contributed by atoms with Gasteiger partial charge in [-0.05, 0) is 43.2 Å². The van der Waals surface area contributed by atoms with E-state index in [-0.39, 0.29) is 27.9 Å². The Labute approximate surface area is 215 Å². The zero-order valence-corrected chi connectivity index (χ0v) is 20.6. The normalized spacial score (nSPS) is 15.5. The van der Waals surface area contributed by atoms with Gasteiger partial charge in [-0.15, -0.1) is 0 Å². The number of benzene rings is 2. The van der Waals surface area contributed by atoms with Gasteiger partial charge in [0, 0.05) is 12.1 Å². The number of carbonyl (C=O) groups is 3. The minimum absolute atomic E-state index is 0.0651. The highest BCUT2D eigenvalue weighted by Gasteiger charge is 2.45. The summed E-state index contributed by atoms with van der Waals surface area (Å²) >= 11 is 0.885. The van der Waals surface area contributed by atoms with Crippen LogP contribution >= 0.6 is 11.3 Å². The molecule has 4 rings (SSSR count). The second-order valence-electron chi connectivity index (χ2n) is 7.93. The number of esters is 1. The number of aromatic nitrogens is 1. The maximum absolute atomic E-state index is 13.3. The summed E-state index contributed by atoms with van der Waals surface area (Å²) in [6.45, 7) is 3.39. The number of non-ortho nitro benzene ring substituents is 1. The van der Waals surface area contributed by atoms with Crippen LogP contribution in [0.5, 0.6) is 0 Å². The standard InChI is InChI=1S/C26H21N3O7S/c1-3-36-25(33)23-15(2)27-26(37-23)28-21(17-10-12-18(13-11-17)29(34)35)20(22(31)24(28)32)19(30)14-9-16-7-5-4-6-8-16/h4-14,21,31H,3H2,1-2H3. The molecule has 1 aromatic heterocycles. The number of hydrogen-bond acceptors (Lipinski definition) is 9. The van der Waals surface area contributed by atoms with Gasteiger partial charge in [-0.1, -0.05) is 47.7 Å². The van der Waals surface area contributed by atoms with Crippen LogP contribution in [0.4, 0.5) is 10.8 Å². The molecule has 0 bridgehead atoms. The second-order valence-corrected chi connectivity index (χ2v) is 8.91. The predicted octanol–water partition coefficient (Wildman–Crippen LogP) is 4.72. The van der Waals surface area contributed by atoms with Gasteiger partial charge in [0.25, 0.3) is 11.6 Å². The fourth-order valence-corrected chi connectivity index (χ4v) is 4.83. The molecule has 10 nitrogen and oxygen atoms in total. The molecule has 188 valence electrons. The van der Waals surface area contributed by atoms with Crippen molar-refractivity contribution in [3.05, 3.63) is 104 Å². The van der Waals surface area contributed by atoms with Crippen LogP contribution in [0, 0.1) is 17.0 Å². The Kier molecular flexibility index (Phi) is 7.25. The van der Waals surface area contributed by atoms with Crippen molar-refractivity contribution >= 4 is 45.9 Å². The van der Waals surface area contributed by atoms with Crippen LogP contribution in [-0.4, -0.2) is 39.3 Å². The monoisotopic (exact) mass is 519 g/mol. The molecule has 1 aliphatic heterocycles. The highest BCUT2D eigenvalue weighted by molar-refractivity contribution is 7.17. The maximum atomic E-state index is 13.3. The van der Waals surface area contributed by atoms with Crippen molar-refractivity contribution in [1.82, 2.24) is 4.98 Å². The molecule has 2 aromatic carbocycles. The highest BCUT2D eigenvalue weighted by atomic mass is 32.1. The third kappa shape index (κ3) is 5.02. The van der Waals surface area contributed by atoms with E-state index in [4.69, 9.17) is 4.74 Å². The van der Waals surface area contributed by atoms with Gasteiger partial charge in [-0.25, -0.2) is 9.78 Å². The summed E-state index contributed by atoms with van der Waals surface area (Å²) in [5.41, 5.74) is 0.997. The van der Waals surface area contributed by atoms with Crippen molar-refractivity contribution < 1.29 is 29.2 Å². The number of ether oxygens (including phenoxy) is 1. The van der Waals surface area contributed by atoms with Gasteiger partial charge in [0.15, 0.2) is 16.7 Å². The number of aryl methyl sites for hydroxylation is 1. The van der Waals surface area contributed by atoms with E-state index in [1.54, 1.807) is 44.2 Å². The van der Waals surface area contributed by atoms with Crippen molar-refractivity contribution in [2.24, 2.45) is 0 Å². The number of aliphatic hydroxyl groups excluding tert-OH is 1. The summed E-state index contributed by atoms with van der Waals surface area (Å²) in [7, 11) is 0. The molecule has 11 heteroatoms. The number of carbonyl (C=O) groups excluding carboxylic acids is 3. The lowest BCUT2D eigenvalue weighted by Gasteiger charge is -2.24. The number of amides is 1. The number of hydrogen-bond donors (Lipinski definition) is 1. The molecule has 37 heavy (non-hydrogen) atoms. The molecule has 0 radical (unpaired) electrons. The minimum Gasteiger partial charge on any atom is -0.503 e. The van der Waals surface area contributed by atoms with Crippen LogP contribution in [0.25, 0.3) is 6.08 Å². The quantitative estimate of drug-likeness (QED) is 0.195. The van der Waals surface area contributed by atoms with Gasteiger partial charge in [-0.2, -0.15) is 0 Å². The molecule has 1 atom stereocenters. The van der Waals surface area contributed by atoms with Crippen LogP contribution in [0.3, 0.4) is 0 Å². The average Bonchev–Trinajstić information content (AvgIpc) is 3.40. The van der Waals surface area contributed by atoms with E-state index in [0.717, 1.165) is 21.8 Å². The van der Waals surface area contributed by atoms with Gasteiger partial charge in [-0.3, -0.25) is 24.6 Å². The molecule has 0 saturated carbocycles. The van der Waals surface area contributed by atoms with Gasteiger partial charge < -0.3 is 9.84 Å². The lowest BCUT2D eigenvalue weighted by molar-refractivity contribution is -0.384. The molecule has 1 unspecified atom stereocenters. The molecular weight excluding hydrogens is 498 g/mol. The van der Waals surface area contributed by atoms with Gasteiger partial charge in [0.2, 0.25) is 0 Å². The summed E-state index contributed by atoms with van der Waals surface area (Å²) < 4.78 is 5.05. The van der Waals surface area contributed by atoms with Crippen molar-refractivity contribution in [2.45, 2.75) is 19.9 Å². The number of anilines is 1. The Balaban J connectivity index is 1.80. The Bertz CT molecular complexity index is 1440. The Morgan fingerprint density at radius 2 is 1.86 bits per heavy atom. The first-order chi connectivity index (χ1) is 17.7. The number of allylic oxidation sites excluding steroid dienone is 1. The third-order valence-corrected chi connectivity index (χ3v) is 6.71. The second kappa shape index (κ2) is 10.5. The topological polar surface area (TPSA) is 140 Å². The summed E-state index contributed by atoms with van der Waals surface area (Å²) in [6.07, 6.45) is 2.79. The number of thiazole rings is 1. The van der Waals surface area contributed by atoms with Crippen LogP contribution in [0.15, 0.2) is 72.0 Å². The third-order valence-electron chi connectivity index (χ3n) is 5.57. The zero-order chi connectivity index (χ0) is 26.7. The maximum Gasteiger partial charge on any atom is 0.350 e. The highest BCUT2D eigenvalue weighted by Crippen LogP contribution is 2.43. The van der Waals surface area contributed by atoms with E-state index in [1.165, 1.54) is 30.3 Å². The lowest BCUT2D eigenvalue weighted by atomic mass is 9.95. The molecule has 0 spiro atoms. The van der Waals surface area contributed by atoms with Crippen molar-refractivity contribution in [1.29, 1.82) is 0 Å². The summed E-state index contributed by atoms with van der Waals surface area (Å²) in [5, 5.41) is 22.0. The molecule has 0 saturated heterocycles. The fraction of sp³-hybridized carbons (Fsp3) is 0.154. The van der Waals surface area contributed by atoms with Gasteiger partial charge in [0.05, 0.1) is 28.8 Å². The Hall–Kier alpha value is -4.64. The number of ketones is 1. The van der Waals surface area contributed by atoms with Crippen LogP contribution < -0.4 is 4.90 Å². The number of nitrogens with zero attached hydrogens (tertiary/aromatic N) is 3. The summed E-state index contributed by atoms with van der Waals surface area (Å²) in [4.78, 5) is 55.1. The molecule has 0 aliphatic carbocycles. The van der Waals surface area contributed by atoms with E-state index >= 15 is 0 Å². The van der Waals surface area contributed by atoms with Crippen LogP contribution in [-0.2, 0) is 14.3 Å². The Morgan fingerprint density at radius 1 is 1.19 bits per heavy atom. The molecule has 2 heterocycles. The minimum atomic E-state index is -1.14. The largest absolute Gasteiger partial charge is 0.503 e. The van der Waals surface area contributed by atoms with E-state index in [2.05, 4.69) is 4.98 Å². The molecule has 1 N–H and O–H groups in total. The van der Waals surface area contributed by atoms with Gasteiger partial charge >= 0.3 is 5.97 Å². The first kappa shape index (κ1) is 25.5. The SMILES string of the molecule is CCOC(=O)c1sc(N2C(=O)C(O)=C(C(=O)C=Cc3ccccc3)C2c2ccc([N+](=O)[O-])cc2)nc1C. The van der Waals surface area contributed by atoms with Crippen molar-refractivity contribution in [3.63, 3.8) is 0 Å². The molecule has 1 aliphatic rings. The molecule has 3 aromatic rings. The lowest BCUT2D eigenvalue weighted by Crippen LogP contribution is -2.30. The predicted molar refractivity (Wildman–Crippen MR) is 136 cm³/mol. The van der Waals surface area contributed by atoms with Gasteiger partial charge in [0.1, 0.15) is 4.88 Å². The first-order valence-corrected chi connectivity index (χ1v) is 12.0. The van der Waals surface area contributed by atoms with Crippen LogP contribution in [0.1, 0.15) is 39.5 Å². The summed E-state index contributed by atoms with van der Waals surface area (Å²) in [5.74, 6) is -2.89. The first-order valence-electron chi connectivity index (χ1n) is 11.2.